The van der Waals surface area contributed by atoms with Crippen molar-refractivity contribution in [3.8, 4) is 5.75 Å². The third-order valence-electron chi connectivity index (χ3n) is 2.59. The predicted molar refractivity (Wildman–Crippen MR) is 86.2 cm³/mol. The predicted octanol–water partition coefficient (Wildman–Crippen LogP) is 3.58. The maximum atomic E-state index is 10.5. The van der Waals surface area contributed by atoms with E-state index in [1.54, 1.807) is 24.7 Å². The fourth-order valence-corrected chi connectivity index (χ4v) is 3.10. The zero-order valence-electron chi connectivity index (χ0n) is 10.9. The molecule has 0 atom stereocenters. The second-order valence-corrected chi connectivity index (χ2v) is 5.84. The summed E-state index contributed by atoms with van der Waals surface area (Å²) in [6, 6.07) is 3.60. The molecule has 7 heteroatoms. The van der Waals surface area contributed by atoms with Crippen LogP contribution in [-0.4, -0.2) is 27.2 Å². The van der Waals surface area contributed by atoms with Crippen molar-refractivity contribution in [1.82, 2.24) is 9.55 Å². The van der Waals surface area contributed by atoms with Crippen LogP contribution in [0.5, 0.6) is 5.75 Å². The highest BCUT2D eigenvalue weighted by atomic mass is 79.9. The second kappa shape index (κ2) is 7.42. The summed E-state index contributed by atoms with van der Waals surface area (Å²) in [5.41, 5.74) is 0.762. The van der Waals surface area contributed by atoms with Crippen LogP contribution in [0.4, 0.5) is 0 Å². The molecule has 110 valence electrons. The molecule has 0 unspecified atom stereocenters. The van der Waals surface area contributed by atoms with Crippen molar-refractivity contribution in [3.63, 3.8) is 0 Å². The van der Waals surface area contributed by atoms with E-state index in [-0.39, 0.29) is 0 Å². The van der Waals surface area contributed by atoms with Crippen LogP contribution in [-0.2, 0) is 11.3 Å². The molecule has 1 aromatic carbocycles. The number of aromatic nitrogens is 2. The molecule has 2 aromatic rings. The third-order valence-corrected chi connectivity index (χ3v) is 3.77. The Kier molecular flexibility index (Phi) is 5.58. The molecular weight excluding hydrogens is 404 g/mol. The molecule has 5 nitrogen and oxygen atoms in total. The molecule has 0 saturated carbocycles. The summed E-state index contributed by atoms with van der Waals surface area (Å²) >= 11 is 6.86. The first-order chi connectivity index (χ1) is 10.1. The molecule has 1 heterocycles. The van der Waals surface area contributed by atoms with E-state index in [0.717, 1.165) is 20.6 Å². The van der Waals surface area contributed by atoms with Crippen molar-refractivity contribution in [2.45, 2.75) is 6.54 Å². The lowest BCUT2D eigenvalue weighted by Crippen LogP contribution is -2.07. The van der Waals surface area contributed by atoms with Crippen LogP contribution in [0, 0.1) is 0 Å². The Morgan fingerprint density at radius 2 is 2.10 bits per heavy atom. The number of rotatable bonds is 6. The minimum atomic E-state index is -0.983. The smallest absolute Gasteiger partial charge is 0.328 e. The minimum Gasteiger partial charge on any atom is -0.489 e. The summed E-state index contributed by atoms with van der Waals surface area (Å²) in [5.74, 6) is -0.300. The molecule has 2 rings (SSSR count). The topological polar surface area (TPSA) is 64.3 Å². The number of imidazole rings is 1. The standard InChI is InChI=1S/C14H12Br2N2O3/c15-11-7-10(1-2-13(19)20)8-12(16)14(11)21-6-5-18-4-3-17-9-18/h1-4,7-9H,5-6H2,(H,19,20)/b2-1+. The average Bonchev–Trinajstić information content (AvgIpc) is 2.92. The molecule has 1 N–H and O–H groups in total. The highest BCUT2D eigenvalue weighted by Gasteiger charge is 2.08. The van der Waals surface area contributed by atoms with Gasteiger partial charge in [-0.1, -0.05) is 0 Å². The highest BCUT2D eigenvalue weighted by Crippen LogP contribution is 2.35. The molecule has 1 aromatic heterocycles. The van der Waals surface area contributed by atoms with Gasteiger partial charge in [0.15, 0.2) is 0 Å². The largest absolute Gasteiger partial charge is 0.489 e. The maximum absolute atomic E-state index is 10.5. The fraction of sp³-hybridized carbons (Fsp3) is 0.143. The normalized spacial score (nSPS) is 11.0. The number of aliphatic carboxylic acids is 1. The van der Waals surface area contributed by atoms with Crippen LogP contribution in [0.25, 0.3) is 6.08 Å². The molecule has 21 heavy (non-hydrogen) atoms. The van der Waals surface area contributed by atoms with E-state index in [1.165, 1.54) is 6.08 Å². The number of carboxylic acids is 1. The van der Waals surface area contributed by atoms with Crippen LogP contribution in [0.15, 0.2) is 45.9 Å². The molecule has 0 radical (unpaired) electrons. The van der Waals surface area contributed by atoms with Crippen LogP contribution < -0.4 is 4.74 Å². The Morgan fingerprint density at radius 1 is 1.38 bits per heavy atom. The van der Waals surface area contributed by atoms with Gasteiger partial charge in [0.2, 0.25) is 0 Å². The summed E-state index contributed by atoms with van der Waals surface area (Å²) in [5, 5.41) is 8.63. The van der Waals surface area contributed by atoms with E-state index in [4.69, 9.17) is 9.84 Å². The summed E-state index contributed by atoms with van der Waals surface area (Å²) in [6.45, 7) is 1.19. The molecule has 0 saturated heterocycles. The van der Waals surface area contributed by atoms with E-state index in [9.17, 15) is 4.79 Å². The van der Waals surface area contributed by atoms with Gasteiger partial charge in [0, 0.05) is 18.5 Å². The summed E-state index contributed by atoms with van der Waals surface area (Å²) in [6.07, 6.45) is 7.93. The van der Waals surface area contributed by atoms with Gasteiger partial charge >= 0.3 is 5.97 Å². The Labute approximate surface area is 138 Å². The van der Waals surface area contributed by atoms with Gasteiger partial charge in [-0.25, -0.2) is 9.78 Å². The first-order valence-electron chi connectivity index (χ1n) is 6.05. The minimum absolute atomic E-state index is 0.498. The molecule has 0 aliphatic heterocycles. The van der Waals surface area contributed by atoms with Crippen molar-refractivity contribution < 1.29 is 14.6 Å². The van der Waals surface area contributed by atoms with Gasteiger partial charge in [-0.3, -0.25) is 0 Å². The fourth-order valence-electron chi connectivity index (χ4n) is 1.65. The van der Waals surface area contributed by atoms with Gasteiger partial charge in [0.05, 0.1) is 21.8 Å². The van der Waals surface area contributed by atoms with Crippen LogP contribution in [0.2, 0.25) is 0 Å². The zero-order valence-corrected chi connectivity index (χ0v) is 14.0. The highest BCUT2D eigenvalue weighted by molar-refractivity contribution is 9.11. The number of halogens is 2. The number of ether oxygens (including phenoxy) is 1. The lowest BCUT2D eigenvalue weighted by atomic mass is 10.2. The van der Waals surface area contributed by atoms with Gasteiger partial charge in [-0.05, 0) is 55.6 Å². The molecule has 0 aliphatic carbocycles. The van der Waals surface area contributed by atoms with E-state index in [1.807, 2.05) is 10.8 Å². The lowest BCUT2D eigenvalue weighted by molar-refractivity contribution is -0.131. The van der Waals surface area contributed by atoms with Gasteiger partial charge in [-0.15, -0.1) is 0 Å². The van der Waals surface area contributed by atoms with E-state index < -0.39 is 5.97 Å². The van der Waals surface area contributed by atoms with Gasteiger partial charge < -0.3 is 14.4 Å². The number of carbonyl (C=O) groups is 1. The quantitative estimate of drug-likeness (QED) is 0.732. The lowest BCUT2D eigenvalue weighted by Gasteiger charge is -2.11. The molecule has 0 aliphatic rings. The average molecular weight is 416 g/mol. The van der Waals surface area contributed by atoms with Crippen molar-refractivity contribution >= 4 is 43.9 Å². The zero-order chi connectivity index (χ0) is 15.2. The molecule has 0 bridgehead atoms. The molecule has 0 amide bonds. The monoisotopic (exact) mass is 414 g/mol. The van der Waals surface area contributed by atoms with Gasteiger partial charge in [0.1, 0.15) is 12.4 Å². The number of hydrogen-bond acceptors (Lipinski definition) is 3. The van der Waals surface area contributed by atoms with E-state index in [2.05, 4.69) is 36.8 Å². The summed E-state index contributed by atoms with van der Waals surface area (Å²) in [7, 11) is 0. The van der Waals surface area contributed by atoms with Crippen molar-refractivity contribution in [3.05, 3.63) is 51.4 Å². The number of hydrogen-bond donors (Lipinski definition) is 1. The third kappa shape index (κ3) is 4.71. The number of benzene rings is 1. The molecule has 0 fully saturated rings. The van der Waals surface area contributed by atoms with Crippen molar-refractivity contribution in [2.75, 3.05) is 6.61 Å². The first kappa shape index (κ1) is 15.8. The Hall–Kier alpha value is -1.60. The van der Waals surface area contributed by atoms with Crippen molar-refractivity contribution in [2.24, 2.45) is 0 Å². The number of nitrogens with zero attached hydrogens (tertiary/aromatic N) is 2. The molecular formula is C14H12Br2N2O3. The maximum Gasteiger partial charge on any atom is 0.328 e. The Bertz CT molecular complexity index is 631. The van der Waals surface area contributed by atoms with Crippen LogP contribution >= 0.6 is 31.9 Å². The Balaban J connectivity index is 2.04. The summed E-state index contributed by atoms with van der Waals surface area (Å²) in [4.78, 5) is 14.5. The van der Waals surface area contributed by atoms with Gasteiger partial charge in [-0.2, -0.15) is 0 Å². The van der Waals surface area contributed by atoms with E-state index >= 15 is 0 Å². The van der Waals surface area contributed by atoms with Crippen molar-refractivity contribution in [1.29, 1.82) is 0 Å². The van der Waals surface area contributed by atoms with Crippen LogP contribution in [0.3, 0.4) is 0 Å². The first-order valence-corrected chi connectivity index (χ1v) is 7.63. The number of carboxylic acid groups (broad SMARTS) is 1. The van der Waals surface area contributed by atoms with E-state index in [0.29, 0.717) is 18.9 Å². The summed E-state index contributed by atoms with van der Waals surface area (Å²) < 4.78 is 9.18. The molecule has 0 spiro atoms. The second-order valence-electron chi connectivity index (χ2n) is 4.13. The van der Waals surface area contributed by atoms with Crippen LogP contribution in [0.1, 0.15) is 5.56 Å². The Morgan fingerprint density at radius 3 is 2.67 bits per heavy atom. The van der Waals surface area contributed by atoms with Gasteiger partial charge in [0.25, 0.3) is 0 Å². The SMILES string of the molecule is O=C(O)/C=C/c1cc(Br)c(OCCn2ccnc2)c(Br)c1.